The summed E-state index contributed by atoms with van der Waals surface area (Å²) in [7, 11) is 0. The average molecular weight is 358 g/mol. The number of fused-ring (bicyclic) bond motifs is 1. The summed E-state index contributed by atoms with van der Waals surface area (Å²) in [5.41, 5.74) is 1.82. The SMILES string of the molecule is Cc1cccc2c1OCC[C@H]2NC(=O)N1CCOC(C(F)(F)F)C1C. The number of para-hydroxylation sites is 1. The number of morpholine rings is 1. The van der Waals surface area contributed by atoms with E-state index in [-0.39, 0.29) is 19.2 Å². The van der Waals surface area contributed by atoms with Crippen molar-refractivity contribution in [3.8, 4) is 5.75 Å². The number of amides is 2. The number of urea groups is 1. The Hall–Kier alpha value is -1.96. The Bertz CT molecular complexity index is 651. The van der Waals surface area contributed by atoms with E-state index in [0.717, 1.165) is 16.9 Å². The number of aryl methyl sites for hydroxylation is 1. The summed E-state index contributed by atoms with van der Waals surface area (Å²) in [4.78, 5) is 13.8. The normalized spacial score (nSPS) is 26.6. The Morgan fingerprint density at radius 3 is 2.80 bits per heavy atom. The van der Waals surface area contributed by atoms with Gasteiger partial charge in [0, 0.05) is 18.5 Å². The van der Waals surface area contributed by atoms with E-state index < -0.39 is 24.4 Å². The molecule has 1 N–H and O–H groups in total. The summed E-state index contributed by atoms with van der Waals surface area (Å²) in [6.45, 7) is 3.72. The number of carbonyl (C=O) groups excluding carboxylic acids is 1. The van der Waals surface area contributed by atoms with Crippen LogP contribution in [-0.4, -0.2) is 49.0 Å². The van der Waals surface area contributed by atoms with E-state index in [1.807, 2.05) is 25.1 Å². The molecule has 0 aromatic heterocycles. The lowest BCUT2D eigenvalue weighted by atomic mass is 9.98. The second kappa shape index (κ2) is 6.74. The predicted molar refractivity (Wildman–Crippen MR) is 84.5 cm³/mol. The first-order chi connectivity index (χ1) is 11.8. The van der Waals surface area contributed by atoms with Gasteiger partial charge in [0.1, 0.15) is 5.75 Å². The number of ether oxygens (including phenoxy) is 2. The molecule has 5 nitrogen and oxygen atoms in total. The Labute approximate surface area is 144 Å². The monoisotopic (exact) mass is 358 g/mol. The smallest absolute Gasteiger partial charge is 0.416 e. The Kier molecular flexibility index (Phi) is 4.81. The highest BCUT2D eigenvalue weighted by molar-refractivity contribution is 5.75. The minimum Gasteiger partial charge on any atom is -0.493 e. The minimum absolute atomic E-state index is 0.128. The lowest BCUT2D eigenvalue weighted by Crippen LogP contribution is -2.59. The molecule has 3 rings (SSSR count). The predicted octanol–water partition coefficient (Wildman–Crippen LogP) is 3.18. The summed E-state index contributed by atoms with van der Waals surface area (Å²) >= 11 is 0. The fourth-order valence-corrected chi connectivity index (χ4v) is 3.40. The molecule has 2 unspecified atom stereocenters. The van der Waals surface area contributed by atoms with Crippen LogP contribution in [0.3, 0.4) is 0 Å². The van der Waals surface area contributed by atoms with Crippen molar-refractivity contribution in [3.63, 3.8) is 0 Å². The molecule has 0 saturated carbocycles. The van der Waals surface area contributed by atoms with E-state index >= 15 is 0 Å². The Balaban J connectivity index is 1.74. The van der Waals surface area contributed by atoms with Gasteiger partial charge in [0.05, 0.1) is 25.3 Å². The zero-order chi connectivity index (χ0) is 18.2. The lowest BCUT2D eigenvalue weighted by molar-refractivity contribution is -0.246. The fourth-order valence-electron chi connectivity index (χ4n) is 3.40. The van der Waals surface area contributed by atoms with Crippen molar-refractivity contribution in [1.29, 1.82) is 0 Å². The van der Waals surface area contributed by atoms with Crippen LogP contribution in [0.5, 0.6) is 5.75 Å². The van der Waals surface area contributed by atoms with Crippen LogP contribution in [0.25, 0.3) is 0 Å². The molecule has 8 heteroatoms. The molecule has 0 radical (unpaired) electrons. The van der Waals surface area contributed by atoms with Gasteiger partial charge in [0.15, 0.2) is 6.10 Å². The molecule has 1 saturated heterocycles. The van der Waals surface area contributed by atoms with Crippen LogP contribution in [0.4, 0.5) is 18.0 Å². The van der Waals surface area contributed by atoms with E-state index in [9.17, 15) is 18.0 Å². The van der Waals surface area contributed by atoms with E-state index in [1.54, 1.807) is 0 Å². The van der Waals surface area contributed by atoms with Crippen molar-refractivity contribution >= 4 is 6.03 Å². The van der Waals surface area contributed by atoms with Gasteiger partial charge in [-0.15, -0.1) is 0 Å². The first kappa shape index (κ1) is 17.8. The number of rotatable bonds is 1. The van der Waals surface area contributed by atoms with E-state index in [2.05, 4.69) is 5.32 Å². The first-order valence-corrected chi connectivity index (χ1v) is 8.27. The first-order valence-electron chi connectivity index (χ1n) is 8.27. The second-order valence-electron chi connectivity index (χ2n) is 6.40. The molecular formula is C17H21F3N2O3. The lowest BCUT2D eigenvalue weighted by Gasteiger charge is -2.40. The average Bonchev–Trinajstić information content (AvgIpc) is 2.55. The molecule has 1 fully saturated rings. The van der Waals surface area contributed by atoms with Crippen LogP contribution < -0.4 is 10.1 Å². The topological polar surface area (TPSA) is 50.8 Å². The van der Waals surface area contributed by atoms with E-state index in [1.165, 1.54) is 11.8 Å². The maximum absolute atomic E-state index is 13.0. The van der Waals surface area contributed by atoms with E-state index in [4.69, 9.17) is 9.47 Å². The minimum atomic E-state index is -4.50. The summed E-state index contributed by atoms with van der Waals surface area (Å²) in [5, 5.41) is 2.86. The highest BCUT2D eigenvalue weighted by atomic mass is 19.4. The van der Waals surface area contributed by atoms with Gasteiger partial charge in [-0.25, -0.2) is 4.79 Å². The van der Waals surface area contributed by atoms with Crippen LogP contribution in [0.15, 0.2) is 18.2 Å². The van der Waals surface area contributed by atoms with Crippen molar-refractivity contribution < 1.29 is 27.4 Å². The quantitative estimate of drug-likeness (QED) is 0.839. The summed E-state index contributed by atoms with van der Waals surface area (Å²) < 4.78 is 49.6. The second-order valence-corrected chi connectivity index (χ2v) is 6.40. The molecular weight excluding hydrogens is 337 g/mol. The Morgan fingerprint density at radius 2 is 2.08 bits per heavy atom. The third-order valence-corrected chi connectivity index (χ3v) is 4.71. The number of alkyl halides is 3. The van der Waals surface area contributed by atoms with Crippen molar-refractivity contribution in [1.82, 2.24) is 10.2 Å². The third kappa shape index (κ3) is 3.53. The summed E-state index contributed by atoms with van der Waals surface area (Å²) in [5.74, 6) is 0.738. The maximum Gasteiger partial charge on any atom is 0.416 e. The van der Waals surface area contributed by atoms with Gasteiger partial charge in [0.2, 0.25) is 0 Å². The number of nitrogens with one attached hydrogen (secondary N) is 1. The summed E-state index contributed by atoms with van der Waals surface area (Å²) in [6.07, 6.45) is -5.89. The van der Waals surface area contributed by atoms with Crippen molar-refractivity contribution in [2.24, 2.45) is 0 Å². The zero-order valence-corrected chi connectivity index (χ0v) is 14.1. The van der Waals surface area contributed by atoms with Crippen molar-refractivity contribution in [3.05, 3.63) is 29.3 Å². The molecule has 1 aromatic rings. The van der Waals surface area contributed by atoms with Crippen molar-refractivity contribution in [2.75, 3.05) is 19.8 Å². The summed E-state index contributed by atoms with van der Waals surface area (Å²) in [6, 6.07) is 3.79. The van der Waals surface area contributed by atoms with Crippen LogP contribution in [0.1, 0.15) is 30.5 Å². The van der Waals surface area contributed by atoms with Crippen LogP contribution in [0.2, 0.25) is 0 Å². The number of hydrogen-bond donors (Lipinski definition) is 1. The van der Waals surface area contributed by atoms with Crippen LogP contribution in [0, 0.1) is 6.92 Å². The standard InChI is InChI=1S/C17H21F3N2O3/c1-10-4-3-5-12-13(6-8-24-14(10)12)21-16(23)22-7-9-25-15(11(22)2)17(18,19)20/h3-5,11,13,15H,6-9H2,1-2H3,(H,21,23)/t11?,13-,15?/m1/s1. The zero-order valence-electron chi connectivity index (χ0n) is 14.1. The molecule has 1 aromatic carbocycles. The molecule has 2 heterocycles. The Morgan fingerprint density at radius 1 is 1.32 bits per heavy atom. The highest BCUT2D eigenvalue weighted by Gasteiger charge is 2.49. The van der Waals surface area contributed by atoms with Crippen molar-refractivity contribution in [2.45, 2.75) is 44.6 Å². The molecule has 25 heavy (non-hydrogen) atoms. The molecule has 3 atom stereocenters. The maximum atomic E-state index is 13.0. The molecule has 2 aliphatic heterocycles. The molecule has 0 aliphatic carbocycles. The van der Waals surface area contributed by atoms with Crippen LogP contribution >= 0.6 is 0 Å². The number of benzene rings is 1. The van der Waals surface area contributed by atoms with Gasteiger partial charge >= 0.3 is 12.2 Å². The molecule has 0 spiro atoms. The number of nitrogens with zero attached hydrogens (tertiary/aromatic N) is 1. The van der Waals surface area contributed by atoms with Gasteiger partial charge < -0.3 is 19.7 Å². The largest absolute Gasteiger partial charge is 0.493 e. The fraction of sp³-hybridized carbons (Fsp3) is 0.588. The van der Waals surface area contributed by atoms with Gasteiger partial charge in [0.25, 0.3) is 0 Å². The molecule has 138 valence electrons. The number of carbonyl (C=O) groups is 1. The molecule has 0 bridgehead atoms. The highest BCUT2D eigenvalue weighted by Crippen LogP contribution is 2.35. The van der Waals surface area contributed by atoms with Gasteiger partial charge in [-0.05, 0) is 19.4 Å². The van der Waals surface area contributed by atoms with Gasteiger partial charge in [-0.3, -0.25) is 0 Å². The van der Waals surface area contributed by atoms with Crippen LogP contribution in [-0.2, 0) is 4.74 Å². The van der Waals surface area contributed by atoms with E-state index in [0.29, 0.717) is 13.0 Å². The van der Waals surface area contributed by atoms with Gasteiger partial charge in [-0.2, -0.15) is 13.2 Å². The van der Waals surface area contributed by atoms with Gasteiger partial charge in [-0.1, -0.05) is 18.2 Å². The molecule has 2 aliphatic rings. The molecule has 2 amide bonds. The third-order valence-electron chi connectivity index (χ3n) is 4.71. The number of halogens is 3. The number of hydrogen-bond acceptors (Lipinski definition) is 3.